The van der Waals surface area contributed by atoms with Crippen molar-refractivity contribution in [1.29, 1.82) is 0 Å². The van der Waals surface area contributed by atoms with E-state index in [2.05, 4.69) is 0 Å². The minimum atomic E-state index is -2.32. The van der Waals surface area contributed by atoms with Crippen LogP contribution in [0.2, 0.25) is 0 Å². The van der Waals surface area contributed by atoms with Gasteiger partial charge in [-0.15, -0.1) is 0 Å². The first kappa shape index (κ1) is 16.4. The summed E-state index contributed by atoms with van der Waals surface area (Å²) in [6.07, 6.45) is 1.45. The van der Waals surface area contributed by atoms with Crippen molar-refractivity contribution >= 4 is 12.0 Å². The summed E-state index contributed by atoms with van der Waals surface area (Å²) in [5, 5.41) is 9.94. The van der Waals surface area contributed by atoms with Crippen molar-refractivity contribution in [1.82, 2.24) is 4.90 Å². The summed E-state index contributed by atoms with van der Waals surface area (Å²) in [7, 11) is 0. The van der Waals surface area contributed by atoms with Gasteiger partial charge >= 0.3 is 0 Å². The number of hydrogen-bond acceptors (Lipinski definition) is 2. The van der Waals surface area contributed by atoms with E-state index in [-0.39, 0.29) is 0 Å². The lowest BCUT2D eigenvalue weighted by Crippen LogP contribution is -2.50. The number of carbonyl (C=O) groups is 1. The van der Waals surface area contributed by atoms with Crippen LogP contribution >= 0.6 is 0 Å². The average molecular weight is 279 g/mol. The molecule has 0 fully saturated rings. The van der Waals surface area contributed by atoms with Crippen LogP contribution in [0.15, 0.2) is 36.4 Å². The Morgan fingerprint density at radius 2 is 1.90 bits per heavy atom. The highest BCUT2D eigenvalue weighted by Gasteiger charge is 2.41. The summed E-state index contributed by atoms with van der Waals surface area (Å²) in [6, 6.07) is 9.25. The molecule has 0 bridgehead atoms. The lowest BCUT2D eigenvalue weighted by atomic mass is 9.98. The van der Waals surface area contributed by atoms with Crippen LogP contribution in [0, 0.1) is 0 Å². The molecule has 0 saturated heterocycles. The molecule has 0 spiro atoms. The SMILES string of the molecule is CCN(CC)C(=O)[C@](C)(F)[C@@H](O)/C=C/c1ccccc1. The number of amides is 1. The Morgan fingerprint density at radius 3 is 2.40 bits per heavy atom. The van der Waals surface area contributed by atoms with Crippen molar-refractivity contribution in [3.63, 3.8) is 0 Å². The average Bonchev–Trinajstić information content (AvgIpc) is 2.46. The largest absolute Gasteiger partial charge is 0.385 e. The Balaban J connectivity index is 2.81. The first-order chi connectivity index (χ1) is 9.43. The van der Waals surface area contributed by atoms with Crippen molar-refractivity contribution in [2.45, 2.75) is 32.5 Å². The summed E-state index contributed by atoms with van der Waals surface area (Å²) in [5.41, 5.74) is -1.48. The number of benzene rings is 1. The zero-order valence-corrected chi connectivity index (χ0v) is 12.2. The third-order valence-corrected chi connectivity index (χ3v) is 3.29. The van der Waals surface area contributed by atoms with Gasteiger partial charge in [0.05, 0.1) is 0 Å². The molecule has 3 nitrogen and oxygen atoms in total. The Kier molecular flexibility index (Phi) is 5.89. The standard InChI is InChI=1S/C16H22FNO2/c1-4-18(5-2)15(20)16(3,17)14(19)12-11-13-9-7-6-8-10-13/h6-12,14,19H,4-5H2,1-3H3/b12-11+/t14-,16+/m0/s1. The number of aliphatic hydroxyl groups excluding tert-OH is 1. The molecule has 1 rings (SSSR count). The van der Waals surface area contributed by atoms with Crippen LogP contribution in [-0.4, -0.2) is 40.8 Å². The van der Waals surface area contributed by atoms with E-state index < -0.39 is 17.7 Å². The Bertz CT molecular complexity index is 453. The van der Waals surface area contributed by atoms with Crippen molar-refractivity contribution < 1.29 is 14.3 Å². The van der Waals surface area contributed by atoms with Gasteiger partial charge in [-0.1, -0.05) is 42.5 Å². The van der Waals surface area contributed by atoms with Gasteiger partial charge in [0.2, 0.25) is 5.67 Å². The number of nitrogens with zero attached hydrogens (tertiary/aromatic N) is 1. The highest BCUT2D eigenvalue weighted by atomic mass is 19.1. The number of carbonyl (C=O) groups excluding carboxylic acids is 1. The van der Waals surface area contributed by atoms with E-state index in [4.69, 9.17) is 0 Å². The molecule has 0 aromatic heterocycles. The molecule has 1 N–H and O–H groups in total. The molecular weight excluding hydrogens is 257 g/mol. The van der Waals surface area contributed by atoms with Gasteiger partial charge in [0.25, 0.3) is 5.91 Å². The number of hydrogen-bond donors (Lipinski definition) is 1. The molecule has 0 saturated carbocycles. The highest BCUT2D eigenvalue weighted by molar-refractivity contribution is 5.86. The Labute approximate surface area is 119 Å². The molecule has 4 heteroatoms. The third-order valence-electron chi connectivity index (χ3n) is 3.29. The topological polar surface area (TPSA) is 40.5 Å². The smallest absolute Gasteiger partial charge is 0.263 e. The van der Waals surface area contributed by atoms with Crippen molar-refractivity contribution in [2.75, 3.05) is 13.1 Å². The van der Waals surface area contributed by atoms with Gasteiger partial charge in [0.15, 0.2) is 0 Å². The zero-order valence-electron chi connectivity index (χ0n) is 12.2. The van der Waals surface area contributed by atoms with Crippen molar-refractivity contribution in [3.8, 4) is 0 Å². The lowest BCUT2D eigenvalue weighted by Gasteiger charge is -2.29. The fourth-order valence-corrected chi connectivity index (χ4v) is 1.89. The van der Waals surface area contributed by atoms with Gasteiger partial charge in [-0.05, 0) is 26.3 Å². The number of aliphatic hydroxyl groups is 1. The number of rotatable bonds is 6. The summed E-state index contributed by atoms with van der Waals surface area (Å²) in [5.74, 6) is -0.687. The van der Waals surface area contributed by atoms with Gasteiger partial charge in [-0.3, -0.25) is 4.79 Å². The molecule has 20 heavy (non-hydrogen) atoms. The first-order valence-corrected chi connectivity index (χ1v) is 6.83. The van der Waals surface area contributed by atoms with Crippen LogP contribution in [-0.2, 0) is 4.79 Å². The van der Waals surface area contributed by atoms with Crippen LogP contribution in [0.25, 0.3) is 6.08 Å². The number of halogens is 1. The van der Waals surface area contributed by atoms with Gasteiger partial charge in [0, 0.05) is 13.1 Å². The first-order valence-electron chi connectivity index (χ1n) is 6.83. The molecule has 2 atom stereocenters. The van der Waals surface area contributed by atoms with Crippen LogP contribution < -0.4 is 0 Å². The maximum atomic E-state index is 14.5. The van der Waals surface area contributed by atoms with Gasteiger partial charge in [0.1, 0.15) is 6.10 Å². The fourth-order valence-electron chi connectivity index (χ4n) is 1.89. The third kappa shape index (κ3) is 3.90. The molecular formula is C16H22FNO2. The molecule has 0 aliphatic carbocycles. The normalized spacial score (nSPS) is 15.8. The molecule has 0 radical (unpaired) electrons. The predicted octanol–water partition coefficient (Wildman–Crippen LogP) is 2.66. The summed E-state index contributed by atoms with van der Waals surface area (Å²) in [4.78, 5) is 13.4. The molecule has 0 aliphatic rings. The Hall–Kier alpha value is -1.68. The second kappa shape index (κ2) is 7.20. The van der Waals surface area contributed by atoms with Crippen LogP contribution in [0.3, 0.4) is 0 Å². The minimum absolute atomic E-state index is 0.421. The number of alkyl halides is 1. The Morgan fingerprint density at radius 1 is 1.35 bits per heavy atom. The van der Waals surface area contributed by atoms with Crippen LogP contribution in [0.1, 0.15) is 26.3 Å². The van der Waals surface area contributed by atoms with Gasteiger partial charge < -0.3 is 10.0 Å². The molecule has 0 heterocycles. The zero-order chi connectivity index (χ0) is 15.2. The minimum Gasteiger partial charge on any atom is -0.385 e. The van der Waals surface area contributed by atoms with E-state index in [9.17, 15) is 14.3 Å². The van der Waals surface area contributed by atoms with E-state index in [1.165, 1.54) is 11.0 Å². The van der Waals surface area contributed by atoms with Crippen molar-refractivity contribution in [3.05, 3.63) is 42.0 Å². The molecule has 0 aliphatic heterocycles. The van der Waals surface area contributed by atoms with Crippen molar-refractivity contribution in [2.24, 2.45) is 0 Å². The van der Waals surface area contributed by atoms with Crippen LogP contribution in [0.5, 0.6) is 0 Å². The highest BCUT2D eigenvalue weighted by Crippen LogP contribution is 2.21. The lowest BCUT2D eigenvalue weighted by molar-refractivity contribution is -0.148. The second-order valence-electron chi connectivity index (χ2n) is 4.77. The van der Waals surface area contributed by atoms with E-state index in [0.717, 1.165) is 12.5 Å². The predicted molar refractivity (Wildman–Crippen MR) is 78.9 cm³/mol. The molecule has 1 aromatic rings. The van der Waals surface area contributed by atoms with E-state index in [0.29, 0.717) is 13.1 Å². The quantitative estimate of drug-likeness (QED) is 0.869. The van der Waals surface area contributed by atoms with E-state index in [1.54, 1.807) is 19.9 Å². The van der Waals surface area contributed by atoms with Gasteiger partial charge in [-0.25, -0.2) is 4.39 Å². The molecule has 0 unspecified atom stereocenters. The van der Waals surface area contributed by atoms with E-state index >= 15 is 0 Å². The molecule has 1 aromatic carbocycles. The van der Waals surface area contributed by atoms with Gasteiger partial charge in [-0.2, -0.15) is 0 Å². The maximum Gasteiger partial charge on any atom is 0.263 e. The monoisotopic (exact) mass is 279 g/mol. The summed E-state index contributed by atoms with van der Waals surface area (Å²) < 4.78 is 14.5. The van der Waals surface area contributed by atoms with E-state index in [1.807, 2.05) is 30.3 Å². The molecule has 1 amide bonds. The summed E-state index contributed by atoms with van der Waals surface area (Å²) >= 11 is 0. The maximum absolute atomic E-state index is 14.5. The van der Waals surface area contributed by atoms with Crippen LogP contribution in [0.4, 0.5) is 4.39 Å². The summed E-state index contributed by atoms with van der Waals surface area (Å²) in [6.45, 7) is 5.52. The molecule has 110 valence electrons. The second-order valence-corrected chi connectivity index (χ2v) is 4.77. The fraction of sp³-hybridized carbons (Fsp3) is 0.438.